The van der Waals surface area contributed by atoms with E-state index in [-0.39, 0.29) is 34.6 Å². The third kappa shape index (κ3) is 7.52. The number of halogens is 3. The predicted octanol–water partition coefficient (Wildman–Crippen LogP) is 6.84. The molecule has 17 heteroatoms. The van der Waals surface area contributed by atoms with Crippen molar-refractivity contribution in [3.63, 3.8) is 0 Å². The fourth-order valence-electron chi connectivity index (χ4n) is 10.2. The molecule has 62 heavy (non-hydrogen) atoms. The Morgan fingerprint density at radius 1 is 0.952 bits per heavy atom. The van der Waals surface area contributed by atoms with Gasteiger partial charge in [0.2, 0.25) is 23.5 Å². The fraction of sp³-hybridized carbons (Fsp3) is 0.511. The van der Waals surface area contributed by atoms with Crippen molar-refractivity contribution < 1.29 is 23.1 Å². The average Bonchev–Trinajstić information content (AvgIpc) is 4.06. The van der Waals surface area contributed by atoms with Crippen LogP contribution in [0.1, 0.15) is 81.4 Å². The van der Waals surface area contributed by atoms with Crippen LogP contribution in [0.4, 0.5) is 31.9 Å². The van der Waals surface area contributed by atoms with Crippen LogP contribution < -0.4 is 31.1 Å². The number of anilines is 4. The molecule has 10 rings (SSSR count). The molecule has 3 N–H and O–H groups in total. The number of nitrogens with zero attached hydrogens (tertiary/aromatic N) is 7. The number of amides is 2. The lowest BCUT2D eigenvalue weighted by Crippen LogP contribution is -2.47. The SMILES string of the molecule is Cn1nc(C2CCC(=O)NC2=O)c2ccc(C3CCN(CC4(C)CCN(c5ncc(Cl)c(Nc6ccc7c(c6)c6c(c(=O)n7C)OCC(F)(F)[C@H](C7CC7)N6)n5)CC4)CC3)cc21. The summed E-state index contributed by atoms with van der Waals surface area (Å²) >= 11 is 6.65. The molecule has 4 aliphatic heterocycles. The van der Waals surface area contributed by atoms with Gasteiger partial charge in [-0.25, -0.2) is 13.8 Å². The van der Waals surface area contributed by atoms with Crippen LogP contribution in [-0.4, -0.2) is 92.3 Å². The van der Waals surface area contributed by atoms with E-state index in [1.807, 2.05) is 23.9 Å². The van der Waals surface area contributed by atoms with Gasteiger partial charge in [-0.15, -0.1) is 0 Å². The molecule has 0 bridgehead atoms. The van der Waals surface area contributed by atoms with Crippen LogP contribution in [-0.2, 0) is 23.7 Å². The summed E-state index contributed by atoms with van der Waals surface area (Å²) in [5.74, 6) is -2.87. The zero-order valence-corrected chi connectivity index (χ0v) is 35.9. The Bertz CT molecular complexity index is 2670. The highest BCUT2D eigenvalue weighted by Crippen LogP contribution is 2.46. The highest BCUT2D eigenvalue weighted by molar-refractivity contribution is 6.33. The van der Waals surface area contributed by atoms with Gasteiger partial charge in [-0.05, 0) is 105 Å². The van der Waals surface area contributed by atoms with Crippen molar-refractivity contribution in [2.45, 2.75) is 82.1 Å². The van der Waals surface area contributed by atoms with Gasteiger partial charge >= 0.3 is 5.92 Å². The van der Waals surface area contributed by atoms with Crippen molar-refractivity contribution >= 4 is 68.4 Å². The monoisotopic (exact) mass is 868 g/mol. The van der Waals surface area contributed by atoms with Gasteiger partial charge in [-0.2, -0.15) is 10.1 Å². The molecule has 1 unspecified atom stereocenters. The maximum Gasteiger partial charge on any atom is 0.301 e. The highest BCUT2D eigenvalue weighted by atomic mass is 35.5. The number of ether oxygens (including phenoxy) is 1. The Morgan fingerprint density at radius 2 is 1.73 bits per heavy atom. The van der Waals surface area contributed by atoms with Gasteiger partial charge < -0.3 is 29.7 Å². The van der Waals surface area contributed by atoms with E-state index in [4.69, 9.17) is 26.4 Å². The Kier molecular flexibility index (Phi) is 10.2. The van der Waals surface area contributed by atoms with Crippen molar-refractivity contribution in [3.8, 4) is 5.75 Å². The molecule has 14 nitrogen and oxygen atoms in total. The molecule has 2 amide bonds. The first kappa shape index (κ1) is 40.7. The molecule has 0 spiro atoms. The number of alkyl halides is 2. The minimum atomic E-state index is -3.13. The number of carbonyl (C=O) groups is 2. The second kappa shape index (κ2) is 15.5. The molecule has 326 valence electrons. The van der Waals surface area contributed by atoms with E-state index in [9.17, 15) is 14.4 Å². The predicted molar refractivity (Wildman–Crippen MR) is 234 cm³/mol. The van der Waals surface area contributed by atoms with E-state index in [0.29, 0.717) is 65.0 Å². The molecule has 3 saturated heterocycles. The Hall–Kier alpha value is -5.35. The second-order valence-electron chi connectivity index (χ2n) is 18.4. The van der Waals surface area contributed by atoms with E-state index in [2.05, 4.69) is 55.9 Å². The molecule has 0 radical (unpaired) electrons. The summed E-state index contributed by atoms with van der Waals surface area (Å²) < 4.78 is 39.2. The van der Waals surface area contributed by atoms with E-state index in [0.717, 1.165) is 75.0 Å². The first-order valence-corrected chi connectivity index (χ1v) is 22.1. The number of benzene rings is 2. The van der Waals surface area contributed by atoms with Crippen molar-refractivity contribution in [2.24, 2.45) is 25.4 Å². The number of imide groups is 1. The summed E-state index contributed by atoms with van der Waals surface area (Å²) in [6, 6.07) is 10.8. The molecular weight excluding hydrogens is 818 g/mol. The number of nitrogens with one attached hydrogen (secondary N) is 3. The van der Waals surface area contributed by atoms with Crippen LogP contribution in [0, 0.1) is 11.3 Å². The number of fused-ring (bicyclic) bond motifs is 4. The molecule has 5 aliphatic rings. The fourth-order valence-corrected chi connectivity index (χ4v) is 10.3. The van der Waals surface area contributed by atoms with E-state index >= 15 is 8.78 Å². The Balaban J connectivity index is 0.777. The van der Waals surface area contributed by atoms with Crippen LogP contribution in [0.3, 0.4) is 0 Å². The number of aromatic nitrogens is 5. The molecule has 2 atom stereocenters. The Labute approximate surface area is 362 Å². The summed E-state index contributed by atoms with van der Waals surface area (Å²) in [7, 11) is 3.53. The smallest absolute Gasteiger partial charge is 0.301 e. The summed E-state index contributed by atoms with van der Waals surface area (Å²) in [5.41, 5.74) is 4.21. The van der Waals surface area contributed by atoms with Crippen molar-refractivity contribution in [3.05, 3.63) is 69.2 Å². The lowest BCUT2D eigenvalue weighted by atomic mass is 9.79. The number of rotatable bonds is 8. The minimum absolute atomic E-state index is 0.104. The van der Waals surface area contributed by atoms with Gasteiger partial charge in [0.15, 0.2) is 12.4 Å². The zero-order chi connectivity index (χ0) is 43.1. The number of piperidine rings is 3. The van der Waals surface area contributed by atoms with Crippen LogP contribution in [0.15, 0.2) is 47.4 Å². The lowest BCUT2D eigenvalue weighted by molar-refractivity contribution is -0.134. The van der Waals surface area contributed by atoms with Gasteiger partial charge in [-0.1, -0.05) is 30.7 Å². The van der Waals surface area contributed by atoms with Gasteiger partial charge in [0.05, 0.1) is 40.6 Å². The number of hydrogen-bond donors (Lipinski definition) is 3. The lowest BCUT2D eigenvalue weighted by Gasteiger charge is -2.44. The largest absolute Gasteiger partial charge is 0.480 e. The van der Waals surface area contributed by atoms with E-state index in [1.54, 1.807) is 19.3 Å². The third-order valence-corrected chi connectivity index (χ3v) is 14.3. The van der Waals surface area contributed by atoms with Crippen LogP contribution in [0.2, 0.25) is 5.02 Å². The molecule has 4 fully saturated rings. The summed E-state index contributed by atoms with van der Waals surface area (Å²) in [5, 5.41) is 15.5. The van der Waals surface area contributed by atoms with Crippen molar-refractivity contribution in [2.75, 3.05) is 54.9 Å². The van der Waals surface area contributed by atoms with E-state index in [1.165, 1.54) is 10.1 Å². The quantitative estimate of drug-likeness (QED) is 0.141. The van der Waals surface area contributed by atoms with Crippen molar-refractivity contribution in [1.82, 2.24) is 34.5 Å². The second-order valence-corrected chi connectivity index (χ2v) is 18.8. The number of pyridine rings is 1. The normalized spacial score (nSPS) is 23.1. The third-order valence-electron chi connectivity index (χ3n) is 14.0. The van der Waals surface area contributed by atoms with Gasteiger partial charge in [0, 0.05) is 56.6 Å². The highest BCUT2D eigenvalue weighted by Gasteiger charge is 2.51. The number of likely N-dealkylation sites (tertiary alicyclic amines) is 1. The van der Waals surface area contributed by atoms with Crippen LogP contribution >= 0.6 is 11.6 Å². The molecular formula is C45H51ClF2N10O4. The number of hydrogen-bond acceptors (Lipinski definition) is 11. The molecule has 5 aromatic rings. The van der Waals surface area contributed by atoms with Crippen LogP contribution in [0.25, 0.3) is 21.8 Å². The minimum Gasteiger partial charge on any atom is -0.480 e. The molecule has 1 aliphatic carbocycles. The first-order chi connectivity index (χ1) is 29.7. The maximum absolute atomic E-state index is 15.2. The summed E-state index contributed by atoms with van der Waals surface area (Å²) in [6.45, 7) is 6.19. The average molecular weight is 869 g/mol. The topological polar surface area (TPSA) is 152 Å². The molecule has 7 heterocycles. The first-order valence-electron chi connectivity index (χ1n) is 21.7. The van der Waals surface area contributed by atoms with E-state index < -0.39 is 30.0 Å². The number of carbonyl (C=O) groups excluding carboxylic acids is 2. The molecule has 2 aromatic carbocycles. The van der Waals surface area contributed by atoms with Crippen molar-refractivity contribution in [1.29, 1.82) is 0 Å². The molecule has 1 saturated carbocycles. The van der Waals surface area contributed by atoms with Gasteiger partial charge in [-0.3, -0.25) is 24.4 Å². The molecule has 3 aromatic heterocycles. The zero-order valence-electron chi connectivity index (χ0n) is 35.1. The summed E-state index contributed by atoms with van der Waals surface area (Å²) in [6.07, 6.45) is 7.92. The standard InChI is InChI=1S/C45H51ClF2N10O4/c1-44(23-57-16-12-25(13-17-57)27-6-8-29-34(20-27)56(3)54-36(29)30-9-11-35(59)51-41(30)60)14-18-58(19-15-44)43-49-22-32(46)40(53-43)50-28-7-10-33-31(21-28)37-38(42(61)55(33)2)62-24-45(47,48)39(52-37)26-4-5-26/h6-8,10,20-22,25-26,30,39,52H,4-5,9,11-19,23-24H2,1-3H3,(H,49,50,53)(H,51,59,60)/t30?,39-/m0/s1. The van der Waals surface area contributed by atoms with Crippen LogP contribution in [0.5, 0.6) is 5.75 Å². The number of aryl methyl sites for hydroxylation is 2. The summed E-state index contributed by atoms with van der Waals surface area (Å²) in [4.78, 5) is 51.9. The van der Waals surface area contributed by atoms with Gasteiger partial charge in [0.25, 0.3) is 5.56 Å². The van der Waals surface area contributed by atoms with Gasteiger partial charge in [0.1, 0.15) is 5.02 Å². The maximum atomic E-state index is 15.2. The Morgan fingerprint density at radius 3 is 2.47 bits per heavy atom.